The molecule has 5 heteroatoms. The Hall–Kier alpha value is -2.17. The maximum absolute atomic E-state index is 14.3. The molecular weight excluding hydrogens is 301 g/mol. The fraction of sp³-hybridized carbons (Fsp3) is 0.333. The number of aliphatic imine (C=N–C) groups is 2. The fourth-order valence-electron chi connectivity index (χ4n) is 1.86. The van der Waals surface area contributed by atoms with Crippen LogP contribution in [-0.2, 0) is 0 Å². The number of benzene rings is 1. The van der Waals surface area contributed by atoms with E-state index >= 15 is 0 Å². The summed E-state index contributed by atoms with van der Waals surface area (Å²) in [4.78, 5) is 8.13. The number of hydrogen-bond acceptors (Lipinski definition) is 2. The van der Waals surface area contributed by atoms with Crippen LogP contribution in [0.15, 0.2) is 40.6 Å². The summed E-state index contributed by atoms with van der Waals surface area (Å²) in [5.41, 5.74) is 1.74. The first-order valence-corrected chi connectivity index (χ1v) is 7.31. The summed E-state index contributed by atoms with van der Waals surface area (Å²) in [6.45, 7) is 9.41. The summed E-state index contributed by atoms with van der Waals surface area (Å²) < 4.78 is 40.9. The predicted octanol–water partition coefficient (Wildman–Crippen LogP) is 5.89. The second-order valence-corrected chi connectivity index (χ2v) is 5.21. The van der Waals surface area contributed by atoms with Crippen molar-refractivity contribution >= 4 is 22.8 Å². The van der Waals surface area contributed by atoms with Crippen molar-refractivity contribution in [1.29, 1.82) is 0 Å². The molecule has 0 aliphatic carbocycles. The van der Waals surface area contributed by atoms with E-state index in [1.54, 1.807) is 19.9 Å². The summed E-state index contributed by atoms with van der Waals surface area (Å²) in [7, 11) is 0. The zero-order valence-electron chi connectivity index (χ0n) is 13.9. The molecule has 0 aliphatic heterocycles. The molecule has 1 aromatic rings. The minimum absolute atomic E-state index is 0.0269. The van der Waals surface area contributed by atoms with Crippen LogP contribution in [0, 0.1) is 12.7 Å². The fourth-order valence-corrected chi connectivity index (χ4v) is 1.86. The molecule has 23 heavy (non-hydrogen) atoms. The Balaban J connectivity index is 3.52. The van der Waals surface area contributed by atoms with Gasteiger partial charge in [-0.2, -0.15) is 0 Å². The molecule has 1 rings (SSSR count). The van der Waals surface area contributed by atoms with E-state index in [1.165, 1.54) is 6.92 Å². The third kappa shape index (κ3) is 4.91. The van der Waals surface area contributed by atoms with Crippen LogP contribution < -0.4 is 0 Å². The third-order valence-corrected chi connectivity index (χ3v) is 3.24. The SMILES string of the molecule is C=C/C(F)=C(\N=C(\C)CC)c1cc(C)c(/N=C(\C)CF)c(F)c1. The molecule has 0 bridgehead atoms. The maximum atomic E-state index is 14.3. The van der Waals surface area contributed by atoms with Crippen LogP contribution in [0.3, 0.4) is 0 Å². The Labute approximate surface area is 135 Å². The van der Waals surface area contributed by atoms with E-state index in [2.05, 4.69) is 16.6 Å². The standard InChI is InChI=1S/C18H21F3N2/c1-6-12(4)22-18(15(20)7-2)14-8-11(3)17(16(21)9-14)23-13(5)10-19/h7-9H,2,6,10H2,1,3-5H3/b18-15+,22-12-,23-13+. The Kier molecular flexibility index (Phi) is 6.94. The van der Waals surface area contributed by atoms with Crippen LogP contribution in [0.4, 0.5) is 18.9 Å². The Bertz CT molecular complexity index is 663. The Morgan fingerprint density at radius 2 is 1.91 bits per heavy atom. The van der Waals surface area contributed by atoms with Gasteiger partial charge in [0.05, 0.1) is 0 Å². The molecule has 1 aromatic carbocycles. The highest BCUT2D eigenvalue weighted by Crippen LogP contribution is 2.30. The van der Waals surface area contributed by atoms with E-state index in [0.29, 0.717) is 23.3 Å². The van der Waals surface area contributed by atoms with Gasteiger partial charge < -0.3 is 0 Å². The van der Waals surface area contributed by atoms with Crippen molar-refractivity contribution in [3.63, 3.8) is 0 Å². The monoisotopic (exact) mass is 322 g/mol. The zero-order chi connectivity index (χ0) is 17.6. The van der Waals surface area contributed by atoms with Gasteiger partial charge in [-0.15, -0.1) is 0 Å². The number of halogens is 3. The predicted molar refractivity (Wildman–Crippen MR) is 91.5 cm³/mol. The molecule has 0 spiro atoms. The summed E-state index contributed by atoms with van der Waals surface area (Å²) in [5, 5.41) is 0. The molecule has 0 fully saturated rings. The highest BCUT2D eigenvalue weighted by atomic mass is 19.1. The topological polar surface area (TPSA) is 24.7 Å². The maximum Gasteiger partial charge on any atom is 0.149 e. The van der Waals surface area contributed by atoms with Gasteiger partial charge in [0.1, 0.15) is 29.7 Å². The molecule has 0 aromatic heterocycles. The molecule has 0 atom stereocenters. The van der Waals surface area contributed by atoms with Crippen LogP contribution >= 0.6 is 0 Å². The molecule has 0 heterocycles. The average molecular weight is 322 g/mol. The van der Waals surface area contributed by atoms with Crippen molar-refractivity contribution < 1.29 is 13.2 Å². The van der Waals surface area contributed by atoms with Crippen molar-refractivity contribution in [2.75, 3.05) is 6.67 Å². The van der Waals surface area contributed by atoms with Gasteiger partial charge in [-0.1, -0.05) is 13.5 Å². The second-order valence-electron chi connectivity index (χ2n) is 5.21. The molecule has 0 aliphatic rings. The lowest BCUT2D eigenvalue weighted by molar-refractivity contribution is 0.579. The largest absolute Gasteiger partial charge is 0.254 e. The van der Waals surface area contributed by atoms with Gasteiger partial charge in [-0.25, -0.2) is 13.2 Å². The van der Waals surface area contributed by atoms with E-state index in [4.69, 9.17) is 0 Å². The molecule has 2 nitrogen and oxygen atoms in total. The van der Waals surface area contributed by atoms with Crippen molar-refractivity contribution in [2.45, 2.75) is 34.1 Å². The zero-order valence-corrected chi connectivity index (χ0v) is 13.9. The van der Waals surface area contributed by atoms with Crippen LogP contribution in [0.1, 0.15) is 38.3 Å². The van der Waals surface area contributed by atoms with Crippen molar-refractivity contribution in [3.8, 4) is 0 Å². The van der Waals surface area contributed by atoms with Gasteiger partial charge >= 0.3 is 0 Å². The Morgan fingerprint density at radius 3 is 2.39 bits per heavy atom. The average Bonchev–Trinajstić information content (AvgIpc) is 2.54. The number of nitrogens with zero attached hydrogens (tertiary/aromatic N) is 2. The van der Waals surface area contributed by atoms with Crippen molar-refractivity contribution in [3.05, 3.63) is 47.6 Å². The smallest absolute Gasteiger partial charge is 0.149 e. The van der Waals surface area contributed by atoms with Crippen LogP contribution in [0.25, 0.3) is 5.70 Å². The van der Waals surface area contributed by atoms with E-state index in [1.807, 2.05) is 6.92 Å². The number of hydrogen-bond donors (Lipinski definition) is 0. The Morgan fingerprint density at radius 1 is 1.26 bits per heavy atom. The molecule has 0 unspecified atom stereocenters. The highest BCUT2D eigenvalue weighted by molar-refractivity contribution is 5.89. The molecule has 0 N–H and O–H groups in total. The first-order valence-electron chi connectivity index (χ1n) is 7.31. The molecule has 0 radical (unpaired) electrons. The summed E-state index contributed by atoms with van der Waals surface area (Å²) in [6, 6.07) is 2.74. The van der Waals surface area contributed by atoms with Gasteiger partial charge in [0.2, 0.25) is 0 Å². The molecule has 0 saturated carbocycles. The lowest BCUT2D eigenvalue weighted by atomic mass is 10.1. The second kappa shape index (κ2) is 8.46. The van der Waals surface area contributed by atoms with Crippen LogP contribution in [0.5, 0.6) is 0 Å². The van der Waals surface area contributed by atoms with E-state index in [0.717, 1.165) is 12.1 Å². The minimum atomic E-state index is -0.753. The van der Waals surface area contributed by atoms with Crippen LogP contribution in [-0.4, -0.2) is 18.1 Å². The minimum Gasteiger partial charge on any atom is -0.254 e. The summed E-state index contributed by atoms with van der Waals surface area (Å²) >= 11 is 0. The normalized spacial score (nSPS) is 13.9. The first-order chi connectivity index (χ1) is 10.8. The van der Waals surface area contributed by atoms with E-state index < -0.39 is 18.3 Å². The van der Waals surface area contributed by atoms with Gasteiger partial charge in [0.15, 0.2) is 0 Å². The van der Waals surface area contributed by atoms with Gasteiger partial charge in [0, 0.05) is 17.0 Å². The molecule has 0 saturated heterocycles. The van der Waals surface area contributed by atoms with Gasteiger partial charge in [-0.3, -0.25) is 9.98 Å². The third-order valence-electron chi connectivity index (χ3n) is 3.24. The lowest BCUT2D eigenvalue weighted by Crippen LogP contribution is -1.96. The first kappa shape index (κ1) is 18.9. The molecule has 124 valence electrons. The van der Waals surface area contributed by atoms with E-state index in [9.17, 15) is 13.2 Å². The number of allylic oxidation sites excluding steroid dienone is 2. The molecule has 0 amide bonds. The summed E-state index contributed by atoms with van der Waals surface area (Å²) in [5.74, 6) is -1.28. The molecular formula is C18H21F3N2. The number of alkyl halides is 1. The van der Waals surface area contributed by atoms with Crippen LogP contribution in [0.2, 0.25) is 0 Å². The summed E-state index contributed by atoms with van der Waals surface area (Å²) in [6.07, 6.45) is 1.68. The van der Waals surface area contributed by atoms with Gasteiger partial charge in [0.25, 0.3) is 0 Å². The van der Waals surface area contributed by atoms with Crippen molar-refractivity contribution in [2.24, 2.45) is 9.98 Å². The number of aryl methyl sites for hydroxylation is 1. The highest BCUT2D eigenvalue weighted by Gasteiger charge is 2.13. The van der Waals surface area contributed by atoms with Gasteiger partial charge in [-0.05, 0) is 51.0 Å². The quantitative estimate of drug-likeness (QED) is 0.461. The number of rotatable bonds is 6. The van der Waals surface area contributed by atoms with E-state index in [-0.39, 0.29) is 17.1 Å². The lowest BCUT2D eigenvalue weighted by Gasteiger charge is -2.10. The van der Waals surface area contributed by atoms with Crippen molar-refractivity contribution in [1.82, 2.24) is 0 Å².